The van der Waals surface area contributed by atoms with E-state index in [1.54, 1.807) is 36.4 Å². The Bertz CT molecular complexity index is 611. The first-order valence-corrected chi connectivity index (χ1v) is 5.95. The van der Waals surface area contributed by atoms with Crippen LogP contribution in [0.3, 0.4) is 0 Å². The predicted octanol–water partition coefficient (Wildman–Crippen LogP) is 2.51. The molecule has 0 atom stereocenters. The molecular formula is C15H15NO4. The zero-order valence-corrected chi connectivity index (χ0v) is 11.3. The molecule has 104 valence electrons. The normalized spacial score (nSPS) is 9.90. The van der Waals surface area contributed by atoms with Crippen molar-refractivity contribution in [2.45, 2.75) is 0 Å². The lowest BCUT2D eigenvalue weighted by Gasteiger charge is -2.13. The second-order valence-corrected chi connectivity index (χ2v) is 3.96. The summed E-state index contributed by atoms with van der Waals surface area (Å²) in [4.78, 5) is 12.1. The molecule has 2 aromatic rings. The van der Waals surface area contributed by atoms with Crippen LogP contribution < -0.4 is 19.9 Å². The van der Waals surface area contributed by atoms with Gasteiger partial charge in [-0.1, -0.05) is 18.2 Å². The van der Waals surface area contributed by atoms with Crippen LogP contribution in [0.5, 0.6) is 17.2 Å². The van der Waals surface area contributed by atoms with E-state index in [0.717, 1.165) is 0 Å². The molecule has 0 amide bonds. The van der Waals surface area contributed by atoms with E-state index in [9.17, 15) is 4.79 Å². The van der Waals surface area contributed by atoms with Crippen LogP contribution >= 0.6 is 0 Å². The van der Waals surface area contributed by atoms with Crippen LogP contribution in [0.2, 0.25) is 0 Å². The number of para-hydroxylation sites is 1. The van der Waals surface area contributed by atoms with Crippen LogP contribution in [-0.2, 0) is 0 Å². The van der Waals surface area contributed by atoms with Crippen molar-refractivity contribution in [1.29, 1.82) is 0 Å². The molecule has 0 spiro atoms. The molecular weight excluding hydrogens is 258 g/mol. The van der Waals surface area contributed by atoms with Gasteiger partial charge in [0.2, 0.25) is 0 Å². The van der Waals surface area contributed by atoms with Gasteiger partial charge in [0.05, 0.1) is 25.5 Å². The van der Waals surface area contributed by atoms with Gasteiger partial charge < -0.3 is 19.9 Å². The van der Waals surface area contributed by atoms with Crippen LogP contribution in [0.1, 0.15) is 10.4 Å². The number of nitrogen functional groups attached to an aromatic ring is 1. The Hall–Kier alpha value is -2.69. The Kier molecular flexibility index (Phi) is 4.10. The molecule has 0 saturated heterocycles. The van der Waals surface area contributed by atoms with E-state index < -0.39 is 5.97 Å². The summed E-state index contributed by atoms with van der Waals surface area (Å²) in [6, 6.07) is 11.9. The van der Waals surface area contributed by atoms with Gasteiger partial charge in [-0.2, -0.15) is 0 Å². The fourth-order valence-corrected chi connectivity index (χ4v) is 1.78. The summed E-state index contributed by atoms with van der Waals surface area (Å²) >= 11 is 0. The van der Waals surface area contributed by atoms with Crippen molar-refractivity contribution in [1.82, 2.24) is 0 Å². The van der Waals surface area contributed by atoms with Gasteiger partial charge in [0.1, 0.15) is 5.75 Å². The lowest BCUT2D eigenvalue weighted by atomic mass is 10.1. The molecule has 0 bridgehead atoms. The van der Waals surface area contributed by atoms with Gasteiger partial charge in [0.15, 0.2) is 11.5 Å². The van der Waals surface area contributed by atoms with Crippen LogP contribution in [0.4, 0.5) is 5.69 Å². The Morgan fingerprint density at radius 1 is 1.00 bits per heavy atom. The van der Waals surface area contributed by atoms with E-state index in [1.165, 1.54) is 14.2 Å². The van der Waals surface area contributed by atoms with E-state index >= 15 is 0 Å². The Balaban J connectivity index is 2.31. The van der Waals surface area contributed by atoms with E-state index in [4.69, 9.17) is 19.9 Å². The Morgan fingerprint density at radius 2 is 1.70 bits per heavy atom. The highest BCUT2D eigenvalue weighted by Gasteiger charge is 2.18. The molecule has 20 heavy (non-hydrogen) atoms. The number of hydrogen-bond acceptors (Lipinski definition) is 5. The quantitative estimate of drug-likeness (QED) is 0.526. The molecule has 5 nitrogen and oxygen atoms in total. The summed E-state index contributed by atoms with van der Waals surface area (Å²) in [5, 5.41) is 0. The molecule has 2 aromatic carbocycles. The van der Waals surface area contributed by atoms with Crippen LogP contribution in [0, 0.1) is 0 Å². The third-order valence-corrected chi connectivity index (χ3v) is 2.76. The van der Waals surface area contributed by atoms with Crippen LogP contribution in [-0.4, -0.2) is 20.2 Å². The number of rotatable bonds is 4. The van der Waals surface area contributed by atoms with Crippen molar-refractivity contribution in [3.05, 3.63) is 48.0 Å². The maximum atomic E-state index is 12.1. The summed E-state index contributed by atoms with van der Waals surface area (Å²) in [6.07, 6.45) is 0. The van der Waals surface area contributed by atoms with Crippen molar-refractivity contribution < 1.29 is 19.0 Å². The van der Waals surface area contributed by atoms with Crippen LogP contribution in [0.25, 0.3) is 0 Å². The Labute approximate surface area is 116 Å². The van der Waals surface area contributed by atoms with Gasteiger partial charge in [-0.15, -0.1) is 0 Å². The molecule has 2 rings (SSSR count). The molecule has 0 aliphatic heterocycles. The monoisotopic (exact) mass is 273 g/mol. The first-order chi connectivity index (χ1) is 9.67. The number of anilines is 1. The van der Waals surface area contributed by atoms with E-state index in [0.29, 0.717) is 17.2 Å². The molecule has 0 aliphatic carbocycles. The number of esters is 1. The van der Waals surface area contributed by atoms with Gasteiger partial charge in [0, 0.05) is 0 Å². The first kappa shape index (κ1) is 13.7. The lowest BCUT2D eigenvalue weighted by molar-refractivity contribution is 0.0735. The minimum absolute atomic E-state index is 0.188. The first-order valence-electron chi connectivity index (χ1n) is 5.95. The minimum Gasteiger partial charge on any atom is -0.493 e. The van der Waals surface area contributed by atoms with Gasteiger partial charge >= 0.3 is 5.97 Å². The number of methoxy groups -OCH3 is 2. The molecule has 0 fully saturated rings. The minimum atomic E-state index is -0.547. The van der Waals surface area contributed by atoms with Crippen molar-refractivity contribution >= 4 is 11.7 Å². The highest BCUT2D eigenvalue weighted by atomic mass is 16.5. The topological polar surface area (TPSA) is 70.8 Å². The average Bonchev–Trinajstić information content (AvgIpc) is 2.47. The molecule has 0 aliphatic rings. The molecule has 0 aromatic heterocycles. The average molecular weight is 273 g/mol. The number of ether oxygens (including phenoxy) is 3. The van der Waals surface area contributed by atoms with Crippen molar-refractivity contribution in [2.24, 2.45) is 0 Å². The number of nitrogens with two attached hydrogens (primary N) is 1. The number of hydrogen-bond donors (Lipinski definition) is 1. The second kappa shape index (κ2) is 5.97. The standard InChI is InChI=1S/C15H15NO4/c1-18-12-9-8-11(13(16)14(12)19-2)15(17)20-10-6-4-3-5-7-10/h3-9H,16H2,1-2H3. The van der Waals surface area contributed by atoms with Gasteiger partial charge in [0.25, 0.3) is 0 Å². The van der Waals surface area contributed by atoms with E-state index in [1.807, 2.05) is 6.07 Å². The maximum absolute atomic E-state index is 12.1. The van der Waals surface area contributed by atoms with Crippen LogP contribution in [0.15, 0.2) is 42.5 Å². The molecule has 0 unspecified atom stereocenters. The van der Waals surface area contributed by atoms with Crippen molar-refractivity contribution in [2.75, 3.05) is 20.0 Å². The van der Waals surface area contributed by atoms with Gasteiger partial charge in [-0.05, 0) is 24.3 Å². The lowest BCUT2D eigenvalue weighted by Crippen LogP contribution is -2.12. The third-order valence-electron chi connectivity index (χ3n) is 2.76. The second-order valence-electron chi connectivity index (χ2n) is 3.96. The molecule has 0 heterocycles. The summed E-state index contributed by atoms with van der Waals surface area (Å²) in [5.74, 6) is 0.678. The smallest absolute Gasteiger partial charge is 0.345 e. The molecule has 0 saturated carbocycles. The largest absolute Gasteiger partial charge is 0.493 e. The molecule has 2 N–H and O–H groups in total. The van der Waals surface area contributed by atoms with Gasteiger partial charge in [-0.25, -0.2) is 4.79 Å². The summed E-state index contributed by atoms with van der Waals surface area (Å²) < 4.78 is 15.5. The molecule has 5 heteroatoms. The third kappa shape index (κ3) is 2.66. The number of carbonyl (C=O) groups excluding carboxylic acids is 1. The fourth-order valence-electron chi connectivity index (χ4n) is 1.78. The SMILES string of the molecule is COc1ccc(C(=O)Oc2ccccc2)c(N)c1OC. The zero-order valence-electron chi connectivity index (χ0n) is 11.3. The fraction of sp³-hybridized carbons (Fsp3) is 0.133. The Morgan fingerprint density at radius 3 is 2.30 bits per heavy atom. The summed E-state index contributed by atoms with van der Waals surface area (Å²) in [7, 11) is 2.96. The maximum Gasteiger partial charge on any atom is 0.345 e. The number of benzene rings is 2. The summed E-state index contributed by atoms with van der Waals surface area (Å²) in [5.41, 5.74) is 6.33. The van der Waals surface area contributed by atoms with Crippen molar-refractivity contribution in [3.63, 3.8) is 0 Å². The zero-order chi connectivity index (χ0) is 14.5. The van der Waals surface area contributed by atoms with Crippen molar-refractivity contribution in [3.8, 4) is 17.2 Å². The highest BCUT2D eigenvalue weighted by molar-refractivity contribution is 5.98. The van der Waals surface area contributed by atoms with Gasteiger partial charge in [-0.3, -0.25) is 0 Å². The molecule has 0 radical (unpaired) electrons. The predicted molar refractivity (Wildman–Crippen MR) is 75.4 cm³/mol. The van der Waals surface area contributed by atoms with E-state index in [2.05, 4.69) is 0 Å². The summed E-state index contributed by atoms with van der Waals surface area (Å²) in [6.45, 7) is 0. The number of carbonyl (C=O) groups is 1. The highest BCUT2D eigenvalue weighted by Crippen LogP contribution is 2.35. The van der Waals surface area contributed by atoms with E-state index in [-0.39, 0.29) is 11.3 Å².